The van der Waals surface area contributed by atoms with Gasteiger partial charge in [-0.2, -0.15) is 0 Å². The molecule has 0 aliphatic carbocycles. The van der Waals surface area contributed by atoms with Crippen molar-refractivity contribution >= 4 is 11.6 Å². The second kappa shape index (κ2) is 8.08. The minimum Gasteiger partial charge on any atom is -0.494 e. The maximum absolute atomic E-state index is 12.3. The molecule has 4 nitrogen and oxygen atoms in total. The Balaban J connectivity index is 1.96. The van der Waals surface area contributed by atoms with Gasteiger partial charge in [-0.25, -0.2) is 0 Å². The largest absolute Gasteiger partial charge is 0.494 e. The summed E-state index contributed by atoms with van der Waals surface area (Å²) in [5.41, 5.74) is 0.726. The molecule has 0 aromatic heterocycles. The van der Waals surface area contributed by atoms with Gasteiger partial charge in [0, 0.05) is 5.69 Å². The van der Waals surface area contributed by atoms with Crippen molar-refractivity contribution in [2.75, 3.05) is 11.9 Å². The number of anilines is 1. The Morgan fingerprint density at radius 3 is 2.27 bits per heavy atom. The van der Waals surface area contributed by atoms with Crippen LogP contribution in [0, 0.1) is 0 Å². The van der Waals surface area contributed by atoms with Crippen LogP contribution in [0.3, 0.4) is 0 Å². The lowest BCUT2D eigenvalue weighted by Gasteiger charge is -2.17. The summed E-state index contributed by atoms with van der Waals surface area (Å²) >= 11 is 0. The molecule has 116 valence electrons. The number of nitrogens with one attached hydrogen (secondary N) is 1. The highest BCUT2D eigenvalue weighted by Crippen LogP contribution is 2.17. The van der Waals surface area contributed by atoms with E-state index in [2.05, 4.69) is 5.32 Å². The summed E-state index contributed by atoms with van der Waals surface area (Å²) in [5.74, 6) is 1.32. The van der Waals surface area contributed by atoms with E-state index in [4.69, 9.17) is 9.47 Å². The zero-order chi connectivity index (χ0) is 15.8. The molecule has 1 amide bonds. The smallest absolute Gasteiger partial charge is 0.265 e. The van der Waals surface area contributed by atoms with Gasteiger partial charge in [-0.1, -0.05) is 25.1 Å². The summed E-state index contributed by atoms with van der Waals surface area (Å²) in [6.45, 7) is 4.47. The average molecular weight is 299 g/mol. The Bertz CT molecular complexity index is 581. The van der Waals surface area contributed by atoms with Gasteiger partial charge in [-0.15, -0.1) is 0 Å². The van der Waals surface area contributed by atoms with Gasteiger partial charge >= 0.3 is 0 Å². The molecule has 0 radical (unpaired) electrons. The van der Waals surface area contributed by atoms with Crippen LogP contribution in [-0.2, 0) is 4.79 Å². The fraction of sp³-hybridized carbons (Fsp3) is 0.278. The molecular weight excluding hydrogens is 278 g/mol. The van der Waals surface area contributed by atoms with Crippen molar-refractivity contribution in [1.82, 2.24) is 0 Å². The minimum atomic E-state index is -0.519. The van der Waals surface area contributed by atoms with Crippen LogP contribution in [0.1, 0.15) is 20.3 Å². The van der Waals surface area contributed by atoms with Crippen LogP contribution < -0.4 is 14.8 Å². The molecule has 0 saturated heterocycles. The number of ether oxygens (including phenoxy) is 2. The van der Waals surface area contributed by atoms with Gasteiger partial charge in [0.1, 0.15) is 11.5 Å². The first kappa shape index (κ1) is 15.9. The van der Waals surface area contributed by atoms with E-state index in [0.717, 1.165) is 11.4 Å². The summed E-state index contributed by atoms with van der Waals surface area (Å²) in [6, 6.07) is 16.7. The second-order valence-corrected chi connectivity index (χ2v) is 4.77. The zero-order valence-electron chi connectivity index (χ0n) is 12.9. The number of benzene rings is 2. The van der Waals surface area contributed by atoms with Gasteiger partial charge in [0.25, 0.3) is 5.91 Å². The molecule has 1 unspecified atom stereocenters. The van der Waals surface area contributed by atoms with Crippen molar-refractivity contribution < 1.29 is 14.3 Å². The molecule has 4 heteroatoms. The lowest BCUT2D eigenvalue weighted by Crippen LogP contribution is -2.32. The molecule has 22 heavy (non-hydrogen) atoms. The van der Waals surface area contributed by atoms with E-state index in [-0.39, 0.29) is 5.91 Å². The van der Waals surface area contributed by atoms with Gasteiger partial charge in [-0.05, 0) is 49.7 Å². The molecule has 0 spiro atoms. The SMILES string of the molecule is CCOc1ccc(NC(=O)C(CC)Oc2ccccc2)cc1. The van der Waals surface area contributed by atoms with Crippen LogP contribution in [-0.4, -0.2) is 18.6 Å². The van der Waals surface area contributed by atoms with Crippen molar-refractivity contribution in [3.05, 3.63) is 54.6 Å². The molecule has 0 bridgehead atoms. The van der Waals surface area contributed by atoms with Crippen molar-refractivity contribution in [1.29, 1.82) is 0 Å². The fourth-order valence-corrected chi connectivity index (χ4v) is 2.01. The molecule has 1 atom stereocenters. The molecule has 0 heterocycles. The Morgan fingerprint density at radius 1 is 1.00 bits per heavy atom. The quantitative estimate of drug-likeness (QED) is 0.844. The van der Waals surface area contributed by atoms with Gasteiger partial charge < -0.3 is 14.8 Å². The van der Waals surface area contributed by atoms with Crippen molar-refractivity contribution in [3.8, 4) is 11.5 Å². The number of para-hydroxylation sites is 1. The highest BCUT2D eigenvalue weighted by atomic mass is 16.5. The van der Waals surface area contributed by atoms with Gasteiger partial charge in [-0.3, -0.25) is 4.79 Å². The molecule has 0 aliphatic heterocycles. The summed E-state index contributed by atoms with van der Waals surface area (Å²) in [7, 11) is 0. The standard InChI is InChI=1S/C18H21NO3/c1-3-17(22-16-8-6-5-7-9-16)18(20)19-14-10-12-15(13-11-14)21-4-2/h5-13,17H,3-4H2,1-2H3,(H,19,20). The van der Waals surface area contributed by atoms with Crippen molar-refractivity contribution in [2.24, 2.45) is 0 Å². The Hall–Kier alpha value is -2.49. The predicted molar refractivity (Wildman–Crippen MR) is 87.4 cm³/mol. The maximum Gasteiger partial charge on any atom is 0.265 e. The summed E-state index contributed by atoms with van der Waals surface area (Å²) in [5, 5.41) is 2.86. The predicted octanol–water partition coefficient (Wildman–Crippen LogP) is 3.88. The van der Waals surface area contributed by atoms with E-state index in [1.54, 1.807) is 0 Å². The molecule has 2 aromatic carbocycles. The average Bonchev–Trinajstić information content (AvgIpc) is 2.55. The third-order valence-corrected chi connectivity index (χ3v) is 3.12. The van der Waals surface area contributed by atoms with Crippen LogP contribution in [0.15, 0.2) is 54.6 Å². The van der Waals surface area contributed by atoms with Gasteiger partial charge in [0.15, 0.2) is 6.10 Å². The number of hydrogen-bond acceptors (Lipinski definition) is 3. The number of amides is 1. The number of rotatable bonds is 7. The Kier molecular flexibility index (Phi) is 5.83. The van der Waals surface area contributed by atoms with Gasteiger partial charge in [0.2, 0.25) is 0 Å². The summed E-state index contributed by atoms with van der Waals surface area (Å²) in [4.78, 5) is 12.3. The Morgan fingerprint density at radius 2 is 1.68 bits per heavy atom. The first-order valence-corrected chi connectivity index (χ1v) is 7.48. The molecule has 0 aliphatic rings. The number of hydrogen-bond donors (Lipinski definition) is 1. The lowest BCUT2D eigenvalue weighted by molar-refractivity contribution is -0.122. The van der Waals surface area contributed by atoms with E-state index < -0.39 is 6.10 Å². The number of carbonyl (C=O) groups excluding carboxylic acids is 1. The van der Waals surface area contributed by atoms with E-state index in [9.17, 15) is 4.79 Å². The molecule has 1 N–H and O–H groups in total. The molecule has 0 saturated carbocycles. The fourth-order valence-electron chi connectivity index (χ4n) is 2.01. The molecule has 2 rings (SSSR count). The van der Waals surface area contributed by atoms with Crippen LogP contribution in [0.4, 0.5) is 5.69 Å². The van der Waals surface area contributed by atoms with Crippen molar-refractivity contribution in [2.45, 2.75) is 26.4 Å². The van der Waals surface area contributed by atoms with Crippen LogP contribution >= 0.6 is 0 Å². The number of carbonyl (C=O) groups is 1. The maximum atomic E-state index is 12.3. The zero-order valence-corrected chi connectivity index (χ0v) is 12.9. The molecule has 0 fully saturated rings. The first-order chi connectivity index (χ1) is 10.7. The molecule has 2 aromatic rings. The first-order valence-electron chi connectivity index (χ1n) is 7.48. The van der Waals surface area contributed by atoms with E-state index in [1.165, 1.54) is 0 Å². The van der Waals surface area contributed by atoms with Crippen molar-refractivity contribution in [3.63, 3.8) is 0 Å². The van der Waals surface area contributed by atoms with E-state index in [1.807, 2.05) is 68.4 Å². The highest BCUT2D eigenvalue weighted by molar-refractivity contribution is 5.94. The summed E-state index contributed by atoms with van der Waals surface area (Å²) < 4.78 is 11.1. The van der Waals surface area contributed by atoms with E-state index in [0.29, 0.717) is 18.8 Å². The highest BCUT2D eigenvalue weighted by Gasteiger charge is 2.18. The monoisotopic (exact) mass is 299 g/mol. The van der Waals surface area contributed by atoms with Crippen LogP contribution in [0.25, 0.3) is 0 Å². The normalized spacial score (nSPS) is 11.5. The third kappa shape index (κ3) is 4.52. The lowest BCUT2D eigenvalue weighted by atomic mass is 10.2. The minimum absolute atomic E-state index is 0.157. The van der Waals surface area contributed by atoms with Gasteiger partial charge in [0.05, 0.1) is 6.61 Å². The second-order valence-electron chi connectivity index (χ2n) is 4.77. The third-order valence-electron chi connectivity index (χ3n) is 3.12. The molecular formula is C18H21NO3. The van der Waals surface area contributed by atoms with Crippen LogP contribution in [0.2, 0.25) is 0 Å². The van der Waals surface area contributed by atoms with E-state index >= 15 is 0 Å². The van der Waals surface area contributed by atoms with Crippen LogP contribution in [0.5, 0.6) is 11.5 Å². The summed E-state index contributed by atoms with van der Waals surface area (Å²) in [6.07, 6.45) is 0.0755. The topological polar surface area (TPSA) is 47.6 Å². The Labute approximate surface area is 131 Å².